The zero-order valence-electron chi connectivity index (χ0n) is 11.4. The summed E-state index contributed by atoms with van der Waals surface area (Å²) in [5.41, 5.74) is 3.54. The van der Waals surface area contributed by atoms with Crippen LogP contribution in [0.15, 0.2) is 90.2 Å². The van der Waals surface area contributed by atoms with Gasteiger partial charge in [0, 0.05) is 5.56 Å². The largest absolute Gasteiger partial charge is 0.197 e. The van der Waals surface area contributed by atoms with E-state index < -0.39 is 0 Å². The van der Waals surface area contributed by atoms with E-state index in [2.05, 4.69) is 5.29 Å². The maximum absolute atomic E-state index is 11.4. The van der Waals surface area contributed by atoms with Gasteiger partial charge in [-0.25, -0.2) is 0 Å². The minimum atomic E-state index is 0.746. The molecule has 0 amide bonds. The van der Waals surface area contributed by atoms with Crippen molar-refractivity contribution in [1.82, 2.24) is 0 Å². The Morgan fingerprint density at radius 3 is 1.90 bits per heavy atom. The Bertz CT molecular complexity index is 726. The van der Waals surface area contributed by atoms with Crippen molar-refractivity contribution in [2.24, 2.45) is 5.29 Å². The highest BCUT2D eigenvalue weighted by molar-refractivity contribution is 5.81. The number of anilines is 2. The molecule has 0 aliphatic carbocycles. The molecule has 0 N–H and O–H groups in total. The summed E-state index contributed by atoms with van der Waals surface area (Å²) in [5, 5.41) is 4.62. The van der Waals surface area contributed by atoms with Crippen LogP contribution in [0.2, 0.25) is 0 Å². The van der Waals surface area contributed by atoms with Gasteiger partial charge < -0.3 is 0 Å². The molecular weight excluding hydrogens is 260 g/mol. The van der Waals surface area contributed by atoms with Crippen LogP contribution in [0.3, 0.4) is 0 Å². The molecule has 0 radical (unpaired) electrons. The minimum absolute atomic E-state index is 0.746. The highest BCUT2D eigenvalue weighted by Gasteiger charge is 2.14. The quantitative estimate of drug-likeness (QED) is 0.485. The van der Waals surface area contributed by atoms with Crippen LogP contribution in [-0.2, 0) is 0 Å². The maximum Gasteiger partial charge on any atom is 0.0763 e. The van der Waals surface area contributed by atoms with Gasteiger partial charge in [-0.05, 0) is 23.8 Å². The van der Waals surface area contributed by atoms with Gasteiger partial charge in [0.1, 0.15) is 0 Å². The molecule has 0 saturated carbocycles. The molecule has 0 fully saturated rings. The summed E-state index contributed by atoms with van der Waals surface area (Å²) in [5.74, 6) is 0. The van der Waals surface area contributed by atoms with Crippen LogP contribution in [0.5, 0.6) is 0 Å². The molecule has 3 aromatic rings. The Kier molecular flexibility index (Phi) is 3.74. The number of benzene rings is 3. The van der Waals surface area contributed by atoms with Crippen LogP contribution in [0.1, 0.15) is 0 Å². The van der Waals surface area contributed by atoms with Crippen molar-refractivity contribution in [3.05, 3.63) is 89.8 Å². The fourth-order valence-electron chi connectivity index (χ4n) is 2.32. The third kappa shape index (κ3) is 2.67. The van der Waals surface area contributed by atoms with Crippen LogP contribution in [0, 0.1) is 4.91 Å². The summed E-state index contributed by atoms with van der Waals surface area (Å²) in [4.78, 5) is 11.4. The molecule has 0 aliphatic heterocycles. The Hall–Kier alpha value is -2.94. The molecule has 0 atom stereocenters. The molecule has 3 aromatic carbocycles. The lowest BCUT2D eigenvalue weighted by molar-refractivity contribution is 1.07. The van der Waals surface area contributed by atoms with E-state index in [0.717, 1.165) is 22.5 Å². The fourth-order valence-corrected chi connectivity index (χ4v) is 2.32. The topological polar surface area (TPSA) is 32.7 Å². The van der Waals surface area contributed by atoms with Crippen LogP contribution >= 0.6 is 0 Å². The van der Waals surface area contributed by atoms with E-state index in [9.17, 15) is 4.91 Å². The summed E-state index contributed by atoms with van der Waals surface area (Å²) in [6.45, 7) is 0. The molecule has 21 heavy (non-hydrogen) atoms. The average Bonchev–Trinajstić information content (AvgIpc) is 2.58. The normalized spacial score (nSPS) is 10.1. The SMILES string of the molecule is O=NN(c1ccccc1)c1ccccc1-c1ccccc1. The van der Waals surface area contributed by atoms with E-state index in [1.165, 1.54) is 5.01 Å². The highest BCUT2D eigenvalue weighted by atomic mass is 16.3. The Balaban J connectivity index is 2.12. The fraction of sp³-hybridized carbons (Fsp3) is 0. The third-order valence-electron chi connectivity index (χ3n) is 3.30. The molecular formula is C18H14N2O. The molecule has 0 saturated heterocycles. The molecule has 0 aliphatic rings. The summed E-state index contributed by atoms with van der Waals surface area (Å²) in [6, 6.07) is 27.1. The number of hydrogen-bond acceptors (Lipinski definition) is 2. The zero-order valence-corrected chi connectivity index (χ0v) is 11.4. The summed E-state index contributed by atoms with van der Waals surface area (Å²) < 4.78 is 0. The van der Waals surface area contributed by atoms with Crippen LogP contribution in [0.4, 0.5) is 11.4 Å². The Morgan fingerprint density at radius 2 is 1.24 bits per heavy atom. The number of nitroso groups, excluding NO2 is 1. The van der Waals surface area contributed by atoms with Gasteiger partial charge in [-0.3, -0.25) is 0 Å². The van der Waals surface area contributed by atoms with E-state index in [0.29, 0.717) is 0 Å². The zero-order chi connectivity index (χ0) is 14.5. The summed E-state index contributed by atoms with van der Waals surface area (Å²) in [6.07, 6.45) is 0. The number of para-hydroxylation sites is 2. The highest BCUT2D eigenvalue weighted by Crippen LogP contribution is 2.35. The molecule has 102 valence electrons. The molecule has 0 heterocycles. The van der Waals surface area contributed by atoms with Gasteiger partial charge >= 0.3 is 0 Å². The molecule has 0 bridgehead atoms. The first-order valence-corrected chi connectivity index (χ1v) is 6.73. The number of nitrogens with zero attached hydrogens (tertiary/aromatic N) is 2. The van der Waals surface area contributed by atoms with Crippen LogP contribution < -0.4 is 5.01 Å². The van der Waals surface area contributed by atoms with Crippen molar-refractivity contribution in [2.75, 3.05) is 5.01 Å². The Labute approximate surface area is 123 Å². The van der Waals surface area contributed by atoms with Gasteiger partial charge in [-0.15, -0.1) is 4.91 Å². The van der Waals surface area contributed by atoms with E-state index in [4.69, 9.17) is 0 Å². The lowest BCUT2D eigenvalue weighted by Crippen LogP contribution is -2.08. The summed E-state index contributed by atoms with van der Waals surface area (Å²) in [7, 11) is 0. The standard InChI is InChI=1S/C18H14N2O/c21-19-20(16-11-5-2-6-12-16)18-14-8-7-13-17(18)15-9-3-1-4-10-15/h1-14H. The van der Waals surface area contributed by atoms with Crippen molar-refractivity contribution in [3.8, 4) is 11.1 Å². The van der Waals surface area contributed by atoms with Crippen molar-refractivity contribution >= 4 is 11.4 Å². The second-order valence-electron chi connectivity index (χ2n) is 4.61. The van der Waals surface area contributed by atoms with E-state index in [1.54, 1.807) is 0 Å². The second-order valence-corrected chi connectivity index (χ2v) is 4.61. The second kappa shape index (κ2) is 6.01. The van der Waals surface area contributed by atoms with Crippen molar-refractivity contribution in [2.45, 2.75) is 0 Å². The predicted octanol–water partition coefficient (Wildman–Crippen LogP) is 5.17. The molecule has 3 rings (SSSR count). The first-order chi connectivity index (χ1) is 10.4. The van der Waals surface area contributed by atoms with E-state index in [-0.39, 0.29) is 0 Å². The van der Waals surface area contributed by atoms with Gasteiger partial charge in [-0.1, -0.05) is 66.7 Å². The predicted molar refractivity (Wildman–Crippen MR) is 86.3 cm³/mol. The number of hydrogen-bond donors (Lipinski definition) is 0. The van der Waals surface area contributed by atoms with Gasteiger partial charge in [0.2, 0.25) is 0 Å². The van der Waals surface area contributed by atoms with Crippen molar-refractivity contribution in [3.63, 3.8) is 0 Å². The van der Waals surface area contributed by atoms with E-state index in [1.807, 2.05) is 84.9 Å². The molecule has 0 aromatic heterocycles. The monoisotopic (exact) mass is 274 g/mol. The van der Waals surface area contributed by atoms with Gasteiger partial charge in [0.25, 0.3) is 0 Å². The number of rotatable bonds is 4. The molecule has 3 nitrogen and oxygen atoms in total. The third-order valence-corrected chi connectivity index (χ3v) is 3.30. The van der Waals surface area contributed by atoms with Crippen LogP contribution in [-0.4, -0.2) is 0 Å². The van der Waals surface area contributed by atoms with Crippen LogP contribution in [0.25, 0.3) is 11.1 Å². The maximum atomic E-state index is 11.4. The Morgan fingerprint density at radius 1 is 0.667 bits per heavy atom. The molecule has 0 unspecified atom stereocenters. The van der Waals surface area contributed by atoms with Gasteiger partial charge in [0.05, 0.1) is 16.7 Å². The summed E-state index contributed by atoms with van der Waals surface area (Å²) >= 11 is 0. The minimum Gasteiger partial charge on any atom is -0.197 e. The lowest BCUT2D eigenvalue weighted by atomic mass is 10.0. The van der Waals surface area contributed by atoms with Gasteiger partial charge in [0.15, 0.2) is 0 Å². The van der Waals surface area contributed by atoms with Crippen molar-refractivity contribution < 1.29 is 0 Å². The van der Waals surface area contributed by atoms with Crippen molar-refractivity contribution in [1.29, 1.82) is 0 Å². The van der Waals surface area contributed by atoms with E-state index >= 15 is 0 Å². The smallest absolute Gasteiger partial charge is 0.0763 e. The molecule has 0 spiro atoms. The first kappa shape index (κ1) is 13.1. The van der Waals surface area contributed by atoms with Gasteiger partial charge in [-0.2, -0.15) is 5.01 Å². The first-order valence-electron chi connectivity index (χ1n) is 6.73. The average molecular weight is 274 g/mol. The lowest BCUT2D eigenvalue weighted by Gasteiger charge is -2.19. The molecule has 3 heteroatoms.